The molecule has 0 radical (unpaired) electrons. The average molecular weight is 542 g/mol. The number of nitrogens with two attached hydrogens (primary N) is 1. The number of aryl methyl sites for hydroxylation is 1. The predicted molar refractivity (Wildman–Crippen MR) is 136 cm³/mol. The van der Waals surface area contributed by atoms with Crippen molar-refractivity contribution in [3.63, 3.8) is 0 Å². The molecule has 0 atom stereocenters. The monoisotopic (exact) mass is 541 g/mol. The number of hydrogen-bond acceptors (Lipinski definition) is 10. The largest absolute Gasteiger partial charge is 0.505 e. The second-order valence-corrected chi connectivity index (χ2v) is 10.7. The van der Waals surface area contributed by atoms with E-state index in [1.807, 2.05) is 0 Å². The number of anilines is 1. The molecule has 0 bridgehead atoms. The van der Waals surface area contributed by atoms with E-state index in [1.54, 1.807) is 19.1 Å². The van der Waals surface area contributed by atoms with Crippen molar-refractivity contribution in [3.8, 4) is 5.75 Å². The van der Waals surface area contributed by atoms with Crippen molar-refractivity contribution in [3.05, 3.63) is 72.3 Å². The zero-order valence-electron chi connectivity index (χ0n) is 19.0. The van der Waals surface area contributed by atoms with E-state index in [9.17, 15) is 26.5 Å². The van der Waals surface area contributed by atoms with Gasteiger partial charge in [-0.15, -0.1) is 5.11 Å². The van der Waals surface area contributed by atoms with Gasteiger partial charge in [0, 0.05) is 11.1 Å². The zero-order chi connectivity index (χ0) is 27.0. The SMILES string of the molecule is Cc1cc(N=Nc2c(S(=O)(=O)O)cc3cc(N)ccc3c2O)ccc1N=Nc1ccc(S(=O)(=O)O)cc1. The van der Waals surface area contributed by atoms with Gasteiger partial charge < -0.3 is 10.8 Å². The molecule has 0 heterocycles. The molecular weight excluding hydrogens is 522 g/mol. The lowest BCUT2D eigenvalue weighted by atomic mass is 10.1. The lowest BCUT2D eigenvalue weighted by Crippen LogP contribution is -1.99. The third kappa shape index (κ3) is 5.78. The minimum atomic E-state index is -4.75. The quantitative estimate of drug-likeness (QED) is 0.134. The highest BCUT2D eigenvalue weighted by Crippen LogP contribution is 2.42. The molecule has 0 fully saturated rings. The lowest BCUT2D eigenvalue weighted by Gasteiger charge is -2.09. The summed E-state index contributed by atoms with van der Waals surface area (Å²) in [5.41, 5.74) is 7.37. The Labute approximate surface area is 211 Å². The van der Waals surface area contributed by atoms with Crippen molar-refractivity contribution in [1.82, 2.24) is 0 Å². The summed E-state index contributed by atoms with van der Waals surface area (Å²) < 4.78 is 64.9. The van der Waals surface area contributed by atoms with E-state index < -0.39 is 36.6 Å². The van der Waals surface area contributed by atoms with Crippen molar-refractivity contribution in [1.29, 1.82) is 0 Å². The molecule has 0 spiro atoms. The van der Waals surface area contributed by atoms with Crippen LogP contribution in [0.15, 0.2) is 97.0 Å². The van der Waals surface area contributed by atoms with E-state index in [0.29, 0.717) is 33.7 Å². The number of phenolic OH excluding ortho intramolecular Hbond substituents is 1. The maximum Gasteiger partial charge on any atom is 0.296 e. The number of rotatable bonds is 6. The van der Waals surface area contributed by atoms with Crippen molar-refractivity contribution in [2.45, 2.75) is 16.7 Å². The standard InChI is InChI=1S/C23H19N5O7S2/c1-13-10-17(5-9-20(13)27-25-16-3-6-18(7-4-16)36(30,31)32)26-28-22-21(37(33,34)35)12-14-11-15(24)2-8-19(14)23(22)29/h2-12,29H,24H2,1H3,(H,30,31,32)(H,33,34,35). The molecule has 0 saturated heterocycles. The van der Waals surface area contributed by atoms with Crippen LogP contribution in [0.25, 0.3) is 10.8 Å². The van der Waals surface area contributed by atoms with Crippen LogP contribution in [0.3, 0.4) is 0 Å². The van der Waals surface area contributed by atoms with Crippen molar-refractivity contribution < 1.29 is 31.0 Å². The highest BCUT2D eigenvalue weighted by atomic mass is 32.2. The summed E-state index contributed by atoms with van der Waals surface area (Å²) in [4.78, 5) is -0.898. The fraction of sp³-hybridized carbons (Fsp3) is 0.0435. The fourth-order valence-electron chi connectivity index (χ4n) is 3.38. The van der Waals surface area contributed by atoms with Gasteiger partial charge in [0.15, 0.2) is 5.75 Å². The van der Waals surface area contributed by atoms with Gasteiger partial charge in [0.25, 0.3) is 20.2 Å². The van der Waals surface area contributed by atoms with Gasteiger partial charge in [0.05, 0.1) is 22.0 Å². The summed E-state index contributed by atoms with van der Waals surface area (Å²) in [6.45, 7) is 1.72. The number of nitrogen functional groups attached to an aromatic ring is 1. The number of hydrogen-bond donors (Lipinski definition) is 4. The highest BCUT2D eigenvalue weighted by Gasteiger charge is 2.22. The molecule has 0 unspecified atom stereocenters. The summed E-state index contributed by atoms with van der Waals surface area (Å²) >= 11 is 0. The molecule has 0 aliphatic heterocycles. The van der Waals surface area contributed by atoms with E-state index >= 15 is 0 Å². The smallest absolute Gasteiger partial charge is 0.296 e. The Balaban J connectivity index is 1.64. The van der Waals surface area contributed by atoms with Crippen LogP contribution >= 0.6 is 0 Å². The number of benzene rings is 4. The van der Waals surface area contributed by atoms with Gasteiger partial charge in [0.1, 0.15) is 10.6 Å². The molecule has 0 aliphatic carbocycles. The Morgan fingerprint density at radius 3 is 2.00 bits per heavy atom. The van der Waals surface area contributed by atoms with Crippen LogP contribution in [0.4, 0.5) is 28.4 Å². The summed E-state index contributed by atoms with van der Waals surface area (Å²) in [7, 11) is -9.06. The van der Waals surface area contributed by atoms with Crippen LogP contribution in [0, 0.1) is 6.92 Å². The van der Waals surface area contributed by atoms with Gasteiger partial charge in [-0.25, -0.2) is 0 Å². The second-order valence-electron chi connectivity index (χ2n) is 7.87. The van der Waals surface area contributed by atoms with Crippen molar-refractivity contribution in [2.75, 3.05) is 5.73 Å². The minimum absolute atomic E-state index is 0.268. The van der Waals surface area contributed by atoms with Crippen LogP contribution in [0.2, 0.25) is 0 Å². The number of phenols is 1. The summed E-state index contributed by atoms with van der Waals surface area (Å²) in [5.74, 6) is -0.490. The van der Waals surface area contributed by atoms with Crippen molar-refractivity contribution >= 4 is 59.4 Å². The first-order valence-electron chi connectivity index (χ1n) is 10.4. The maximum absolute atomic E-state index is 11.9. The van der Waals surface area contributed by atoms with Crippen LogP contribution in [0.5, 0.6) is 5.75 Å². The molecule has 5 N–H and O–H groups in total. The van der Waals surface area contributed by atoms with Gasteiger partial charge in [-0.3, -0.25) is 9.11 Å². The summed E-state index contributed by atoms with van der Waals surface area (Å²) in [6.07, 6.45) is 0. The van der Waals surface area contributed by atoms with Gasteiger partial charge in [-0.05, 0) is 84.6 Å². The fourth-order valence-corrected chi connectivity index (χ4v) is 4.52. The van der Waals surface area contributed by atoms with E-state index in [0.717, 1.165) is 6.07 Å². The normalized spacial score (nSPS) is 12.6. The predicted octanol–water partition coefficient (Wildman–Crippen LogP) is 5.76. The molecule has 0 amide bonds. The third-order valence-corrected chi connectivity index (χ3v) is 6.94. The van der Waals surface area contributed by atoms with Gasteiger partial charge in [0.2, 0.25) is 0 Å². The van der Waals surface area contributed by atoms with Gasteiger partial charge in [-0.1, -0.05) is 0 Å². The molecule has 37 heavy (non-hydrogen) atoms. The Morgan fingerprint density at radius 1 is 0.730 bits per heavy atom. The number of fused-ring (bicyclic) bond motifs is 1. The summed E-state index contributed by atoms with van der Waals surface area (Å²) in [5, 5.41) is 27.2. The van der Waals surface area contributed by atoms with Gasteiger partial charge >= 0.3 is 0 Å². The maximum atomic E-state index is 11.9. The molecule has 4 rings (SSSR count). The lowest BCUT2D eigenvalue weighted by molar-refractivity contribution is 0.472. The minimum Gasteiger partial charge on any atom is -0.505 e. The first-order valence-corrected chi connectivity index (χ1v) is 13.3. The average Bonchev–Trinajstić information content (AvgIpc) is 2.81. The molecular formula is C23H19N5O7S2. The van der Waals surface area contributed by atoms with Crippen LogP contribution in [0.1, 0.15) is 5.56 Å². The Hall–Kier alpha value is -4.24. The Morgan fingerprint density at radius 2 is 1.38 bits per heavy atom. The topological polar surface area (TPSA) is 204 Å². The molecule has 4 aromatic carbocycles. The van der Waals surface area contributed by atoms with E-state index in [-0.39, 0.29) is 10.3 Å². The van der Waals surface area contributed by atoms with Crippen LogP contribution in [-0.2, 0) is 20.2 Å². The second kappa shape index (κ2) is 9.67. The molecule has 0 aromatic heterocycles. The van der Waals surface area contributed by atoms with Gasteiger partial charge in [-0.2, -0.15) is 32.2 Å². The molecule has 190 valence electrons. The first-order chi connectivity index (χ1) is 17.3. The first kappa shape index (κ1) is 25.8. The molecule has 14 heteroatoms. The van der Waals surface area contributed by atoms with Crippen LogP contribution < -0.4 is 5.73 Å². The van der Waals surface area contributed by atoms with E-state index in [2.05, 4.69) is 20.5 Å². The Kier molecular flexibility index (Phi) is 6.75. The third-order valence-electron chi connectivity index (χ3n) is 5.21. The Bertz CT molecular complexity index is 1800. The highest BCUT2D eigenvalue weighted by molar-refractivity contribution is 7.86. The van der Waals surface area contributed by atoms with E-state index in [1.165, 1.54) is 48.5 Å². The summed E-state index contributed by atoms with van der Waals surface area (Å²) in [6, 6.07) is 15.4. The van der Waals surface area contributed by atoms with E-state index in [4.69, 9.17) is 10.3 Å². The molecule has 0 aliphatic rings. The molecule has 0 saturated carbocycles. The number of aromatic hydroxyl groups is 1. The molecule has 4 aromatic rings. The van der Waals surface area contributed by atoms with Crippen molar-refractivity contribution in [2.24, 2.45) is 20.5 Å². The zero-order valence-corrected chi connectivity index (χ0v) is 20.6. The number of nitrogens with zero attached hydrogens (tertiary/aromatic N) is 4. The number of azo groups is 2. The van der Waals surface area contributed by atoms with Crippen LogP contribution in [-0.4, -0.2) is 31.0 Å². The molecule has 12 nitrogen and oxygen atoms in total.